The van der Waals surface area contributed by atoms with Crippen molar-refractivity contribution < 1.29 is 0 Å². The van der Waals surface area contributed by atoms with Crippen LogP contribution in [-0.4, -0.2) is 9.78 Å². The van der Waals surface area contributed by atoms with Crippen molar-refractivity contribution in [1.29, 1.82) is 0 Å². The van der Waals surface area contributed by atoms with Gasteiger partial charge in [0.15, 0.2) is 0 Å². The van der Waals surface area contributed by atoms with Gasteiger partial charge in [-0.15, -0.1) is 0 Å². The maximum atomic E-state index is 5.69. The van der Waals surface area contributed by atoms with Crippen molar-refractivity contribution in [3.05, 3.63) is 29.6 Å². The monoisotopic (exact) mass is 234 g/mol. The molecule has 4 nitrogen and oxygen atoms in total. The molecule has 0 radical (unpaired) electrons. The number of nitrogens with two attached hydrogens (primary N) is 1. The van der Waals surface area contributed by atoms with Crippen LogP contribution in [0.2, 0.25) is 0 Å². The van der Waals surface area contributed by atoms with Crippen LogP contribution < -0.4 is 11.3 Å². The lowest BCUT2D eigenvalue weighted by Gasteiger charge is -2.20. The molecule has 1 atom stereocenters. The second-order valence-electron chi connectivity index (χ2n) is 4.60. The lowest BCUT2D eigenvalue weighted by atomic mass is 9.93. The minimum Gasteiger partial charge on any atom is -0.271 e. The highest BCUT2D eigenvalue weighted by Crippen LogP contribution is 2.27. The zero-order valence-electron chi connectivity index (χ0n) is 10.5. The molecule has 1 aliphatic rings. The second-order valence-corrected chi connectivity index (χ2v) is 4.60. The van der Waals surface area contributed by atoms with Gasteiger partial charge in [0, 0.05) is 12.7 Å². The number of hydrogen-bond acceptors (Lipinski definition) is 3. The molecule has 0 amide bonds. The number of rotatable bonds is 5. The van der Waals surface area contributed by atoms with Crippen molar-refractivity contribution in [2.24, 2.45) is 5.84 Å². The van der Waals surface area contributed by atoms with Crippen LogP contribution in [0.5, 0.6) is 0 Å². The summed E-state index contributed by atoms with van der Waals surface area (Å²) in [7, 11) is 0. The Balaban J connectivity index is 2.08. The Kier molecular flexibility index (Phi) is 4.34. The molecule has 1 aromatic heterocycles. The van der Waals surface area contributed by atoms with Crippen molar-refractivity contribution in [2.75, 3.05) is 0 Å². The first-order chi connectivity index (χ1) is 8.35. The van der Waals surface area contributed by atoms with Gasteiger partial charge < -0.3 is 0 Å². The van der Waals surface area contributed by atoms with E-state index in [-0.39, 0.29) is 6.04 Å². The molecule has 0 saturated heterocycles. The Hall–Kier alpha value is -1.13. The topological polar surface area (TPSA) is 55.9 Å². The molecule has 0 fully saturated rings. The highest BCUT2D eigenvalue weighted by atomic mass is 15.3. The largest absolute Gasteiger partial charge is 0.271 e. The summed E-state index contributed by atoms with van der Waals surface area (Å²) >= 11 is 0. The fourth-order valence-corrected chi connectivity index (χ4v) is 2.50. The van der Waals surface area contributed by atoms with Gasteiger partial charge in [-0.3, -0.25) is 16.0 Å². The van der Waals surface area contributed by atoms with Crippen molar-refractivity contribution in [3.63, 3.8) is 0 Å². The van der Waals surface area contributed by atoms with E-state index in [4.69, 9.17) is 5.84 Å². The molecule has 1 unspecified atom stereocenters. The molecule has 0 aliphatic heterocycles. The summed E-state index contributed by atoms with van der Waals surface area (Å²) in [6.45, 7) is 2.99. The molecule has 3 N–H and O–H groups in total. The molecular weight excluding hydrogens is 212 g/mol. The normalized spacial score (nSPS) is 17.9. The van der Waals surface area contributed by atoms with Crippen LogP contribution in [0.15, 0.2) is 23.9 Å². The highest BCUT2D eigenvalue weighted by Gasteiger charge is 2.16. The Morgan fingerprint density at radius 3 is 3.06 bits per heavy atom. The van der Waals surface area contributed by atoms with Gasteiger partial charge in [0.25, 0.3) is 0 Å². The smallest absolute Gasteiger partial charge is 0.0666 e. The summed E-state index contributed by atoms with van der Waals surface area (Å²) in [4.78, 5) is 0. The number of nitrogens with one attached hydrogen (secondary N) is 1. The standard InChI is InChI=1S/C13H22N4/c1-2-17-13(8-9-15-17)12(16-14)10-11-6-4-3-5-7-11/h6,8-9,12,16H,2-5,7,10,14H2,1H3. The highest BCUT2D eigenvalue weighted by molar-refractivity contribution is 5.14. The first-order valence-corrected chi connectivity index (χ1v) is 6.51. The van der Waals surface area contributed by atoms with E-state index in [2.05, 4.69) is 29.6 Å². The fourth-order valence-electron chi connectivity index (χ4n) is 2.50. The Morgan fingerprint density at radius 2 is 2.41 bits per heavy atom. The summed E-state index contributed by atoms with van der Waals surface area (Å²) in [5.41, 5.74) is 5.64. The molecule has 0 bridgehead atoms. The lowest BCUT2D eigenvalue weighted by molar-refractivity contribution is 0.479. The average Bonchev–Trinajstić information content (AvgIpc) is 2.85. The predicted octanol–water partition coefficient (Wildman–Crippen LogP) is 2.30. The van der Waals surface area contributed by atoms with Gasteiger partial charge in [-0.1, -0.05) is 11.6 Å². The summed E-state index contributed by atoms with van der Waals surface area (Å²) in [5, 5.41) is 4.30. The van der Waals surface area contributed by atoms with E-state index >= 15 is 0 Å². The SMILES string of the molecule is CCn1nccc1C(CC1=CCCCC1)NN. The van der Waals surface area contributed by atoms with E-state index < -0.39 is 0 Å². The van der Waals surface area contributed by atoms with Crippen molar-refractivity contribution in [1.82, 2.24) is 15.2 Å². The van der Waals surface area contributed by atoms with Gasteiger partial charge in [0.2, 0.25) is 0 Å². The molecule has 0 spiro atoms. The average molecular weight is 234 g/mol. The van der Waals surface area contributed by atoms with Crippen molar-refractivity contribution in [3.8, 4) is 0 Å². The third-order valence-corrected chi connectivity index (χ3v) is 3.46. The van der Waals surface area contributed by atoms with E-state index in [1.54, 1.807) is 0 Å². The molecule has 0 saturated carbocycles. The van der Waals surface area contributed by atoms with E-state index in [9.17, 15) is 0 Å². The third-order valence-electron chi connectivity index (χ3n) is 3.46. The van der Waals surface area contributed by atoms with Crippen molar-refractivity contribution >= 4 is 0 Å². The maximum absolute atomic E-state index is 5.69. The molecule has 2 rings (SSSR count). The van der Waals surface area contributed by atoms with Crippen molar-refractivity contribution in [2.45, 2.75) is 51.6 Å². The van der Waals surface area contributed by atoms with Gasteiger partial charge in [0.1, 0.15) is 0 Å². The number of allylic oxidation sites excluding steroid dienone is 1. The van der Waals surface area contributed by atoms with Gasteiger partial charge in [-0.25, -0.2) is 0 Å². The minimum absolute atomic E-state index is 0.182. The summed E-state index contributed by atoms with van der Waals surface area (Å²) < 4.78 is 2.01. The molecule has 1 aliphatic carbocycles. The predicted molar refractivity (Wildman–Crippen MR) is 69.1 cm³/mol. The van der Waals surface area contributed by atoms with Crippen LogP contribution in [-0.2, 0) is 6.54 Å². The number of aromatic nitrogens is 2. The molecule has 1 aromatic rings. The first kappa shape index (κ1) is 12.3. The quantitative estimate of drug-likeness (QED) is 0.467. The molecule has 4 heteroatoms. The molecule has 17 heavy (non-hydrogen) atoms. The third kappa shape index (κ3) is 2.96. The van der Waals surface area contributed by atoms with Crippen LogP contribution in [0.4, 0.5) is 0 Å². The van der Waals surface area contributed by atoms with E-state index in [0.29, 0.717) is 0 Å². The summed E-state index contributed by atoms with van der Waals surface area (Å²) in [5.74, 6) is 5.69. The van der Waals surface area contributed by atoms with Gasteiger partial charge >= 0.3 is 0 Å². The molecule has 94 valence electrons. The van der Waals surface area contributed by atoms with Gasteiger partial charge in [-0.2, -0.15) is 5.10 Å². The Bertz CT molecular complexity index is 381. The first-order valence-electron chi connectivity index (χ1n) is 6.51. The summed E-state index contributed by atoms with van der Waals surface area (Å²) in [6, 6.07) is 2.24. The van der Waals surface area contributed by atoms with E-state index in [1.165, 1.54) is 37.0 Å². The molecular formula is C13H22N4. The maximum Gasteiger partial charge on any atom is 0.0666 e. The van der Waals surface area contributed by atoms with Crippen LogP contribution in [0.25, 0.3) is 0 Å². The van der Waals surface area contributed by atoms with E-state index in [0.717, 1.165) is 13.0 Å². The Morgan fingerprint density at radius 1 is 1.53 bits per heavy atom. The number of hydrogen-bond donors (Lipinski definition) is 2. The van der Waals surface area contributed by atoms with Crippen LogP contribution in [0, 0.1) is 0 Å². The number of nitrogens with zero attached hydrogens (tertiary/aromatic N) is 2. The van der Waals surface area contributed by atoms with Crippen LogP contribution >= 0.6 is 0 Å². The zero-order chi connectivity index (χ0) is 12.1. The molecule has 0 aromatic carbocycles. The lowest BCUT2D eigenvalue weighted by Crippen LogP contribution is -2.30. The minimum atomic E-state index is 0.182. The fraction of sp³-hybridized carbons (Fsp3) is 0.615. The van der Waals surface area contributed by atoms with Crippen LogP contribution in [0.3, 0.4) is 0 Å². The second kappa shape index (κ2) is 5.98. The zero-order valence-corrected chi connectivity index (χ0v) is 10.5. The Labute approximate surface area is 103 Å². The molecule has 1 heterocycles. The van der Waals surface area contributed by atoms with Gasteiger partial charge in [-0.05, 0) is 45.1 Å². The summed E-state index contributed by atoms with van der Waals surface area (Å²) in [6.07, 6.45) is 10.3. The van der Waals surface area contributed by atoms with E-state index in [1.807, 2.05) is 10.9 Å². The number of hydrazine groups is 1. The number of aryl methyl sites for hydroxylation is 1. The van der Waals surface area contributed by atoms with Gasteiger partial charge in [0.05, 0.1) is 11.7 Å². The van der Waals surface area contributed by atoms with Crippen LogP contribution in [0.1, 0.15) is 50.8 Å².